The Morgan fingerprint density at radius 3 is 2.36 bits per heavy atom. The third-order valence-electron chi connectivity index (χ3n) is 3.65. The van der Waals surface area contributed by atoms with E-state index < -0.39 is 15.9 Å². The SMILES string of the molecule is N#Cc1ccc(CS(=O)(=O)NC(=O)c2ccc(Oc3ccccc3)nc2)cc1. The zero-order valence-electron chi connectivity index (χ0n) is 14.6. The molecule has 0 aliphatic carbocycles. The molecule has 0 saturated heterocycles. The van der Waals surface area contributed by atoms with E-state index in [1.54, 1.807) is 12.1 Å². The molecule has 8 heteroatoms. The Morgan fingerprint density at radius 1 is 1.04 bits per heavy atom. The Hall–Kier alpha value is -3.70. The summed E-state index contributed by atoms with van der Waals surface area (Å²) in [6, 6.07) is 20.0. The molecule has 1 N–H and O–H groups in total. The van der Waals surface area contributed by atoms with Crippen molar-refractivity contribution in [3.8, 4) is 17.7 Å². The highest BCUT2D eigenvalue weighted by atomic mass is 32.2. The number of hydrogen-bond acceptors (Lipinski definition) is 6. The molecule has 1 amide bonds. The van der Waals surface area contributed by atoms with Crippen LogP contribution in [0.2, 0.25) is 0 Å². The standard InChI is InChI=1S/C20H15N3O4S/c21-12-15-6-8-16(9-7-15)14-28(25,26)23-20(24)17-10-11-19(22-13-17)27-18-4-2-1-3-5-18/h1-11,13H,14H2,(H,23,24). The summed E-state index contributed by atoms with van der Waals surface area (Å²) in [6.45, 7) is 0. The molecule has 3 aromatic rings. The van der Waals surface area contributed by atoms with Gasteiger partial charge >= 0.3 is 0 Å². The molecule has 0 saturated carbocycles. The summed E-state index contributed by atoms with van der Waals surface area (Å²) in [5.74, 6) is -0.291. The highest BCUT2D eigenvalue weighted by Crippen LogP contribution is 2.18. The van der Waals surface area contributed by atoms with Crippen LogP contribution in [-0.4, -0.2) is 19.3 Å². The lowest BCUT2D eigenvalue weighted by Gasteiger charge is -2.08. The van der Waals surface area contributed by atoms with E-state index >= 15 is 0 Å². The highest BCUT2D eigenvalue weighted by Gasteiger charge is 2.17. The maximum Gasteiger partial charge on any atom is 0.266 e. The van der Waals surface area contributed by atoms with E-state index in [1.165, 1.54) is 42.6 Å². The number of nitriles is 1. The monoisotopic (exact) mass is 393 g/mol. The van der Waals surface area contributed by atoms with E-state index in [0.717, 1.165) is 0 Å². The Bertz CT molecular complexity index is 1100. The normalized spacial score (nSPS) is 10.7. The molecule has 0 aliphatic rings. The number of aromatic nitrogens is 1. The van der Waals surface area contributed by atoms with Gasteiger partial charge in [-0.3, -0.25) is 4.79 Å². The number of pyridine rings is 1. The lowest BCUT2D eigenvalue weighted by molar-refractivity contribution is 0.0981. The van der Waals surface area contributed by atoms with Crippen LogP contribution in [0.25, 0.3) is 0 Å². The average molecular weight is 393 g/mol. The van der Waals surface area contributed by atoms with Crippen molar-refractivity contribution in [2.45, 2.75) is 5.75 Å². The summed E-state index contributed by atoms with van der Waals surface area (Å²) < 4.78 is 31.9. The van der Waals surface area contributed by atoms with E-state index in [9.17, 15) is 13.2 Å². The predicted molar refractivity (Wildman–Crippen MR) is 102 cm³/mol. The second-order valence-electron chi connectivity index (χ2n) is 5.80. The molecule has 7 nitrogen and oxygen atoms in total. The zero-order chi connectivity index (χ0) is 20.0. The first-order valence-electron chi connectivity index (χ1n) is 8.18. The Balaban J connectivity index is 1.63. The Kier molecular flexibility index (Phi) is 5.67. The second kappa shape index (κ2) is 8.33. The van der Waals surface area contributed by atoms with Crippen molar-refractivity contribution in [1.29, 1.82) is 5.26 Å². The molecular formula is C20H15N3O4S. The summed E-state index contributed by atoms with van der Waals surface area (Å²) in [7, 11) is -3.90. The van der Waals surface area contributed by atoms with Gasteiger partial charge in [0, 0.05) is 12.3 Å². The van der Waals surface area contributed by atoms with Gasteiger partial charge in [-0.1, -0.05) is 30.3 Å². The molecule has 0 fully saturated rings. The molecular weight excluding hydrogens is 378 g/mol. The molecule has 2 aromatic carbocycles. The minimum Gasteiger partial charge on any atom is -0.439 e. The molecule has 0 atom stereocenters. The van der Waals surface area contributed by atoms with Crippen LogP contribution >= 0.6 is 0 Å². The number of carbonyl (C=O) groups is 1. The molecule has 1 aromatic heterocycles. The number of benzene rings is 2. The average Bonchev–Trinajstić information content (AvgIpc) is 2.69. The van der Waals surface area contributed by atoms with E-state index in [4.69, 9.17) is 10.00 Å². The molecule has 0 aliphatic heterocycles. The number of carbonyl (C=O) groups excluding carboxylic acids is 1. The third-order valence-corrected chi connectivity index (χ3v) is 4.86. The van der Waals surface area contributed by atoms with Crippen LogP contribution in [0.4, 0.5) is 0 Å². The smallest absolute Gasteiger partial charge is 0.266 e. The number of para-hydroxylation sites is 1. The molecule has 0 unspecified atom stereocenters. The second-order valence-corrected chi connectivity index (χ2v) is 7.52. The van der Waals surface area contributed by atoms with Crippen LogP contribution < -0.4 is 9.46 Å². The van der Waals surface area contributed by atoms with Crippen molar-refractivity contribution in [3.63, 3.8) is 0 Å². The van der Waals surface area contributed by atoms with E-state index in [0.29, 0.717) is 16.9 Å². The molecule has 3 rings (SSSR count). The van der Waals surface area contributed by atoms with E-state index in [-0.39, 0.29) is 17.2 Å². The van der Waals surface area contributed by atoms with Gasteiger partial charge in [-0.25, -0.2) is 18.1 Å². The molecule has 140 valence electrons. The minimum absolute atomic E-state index is 0.0869. The van der Waals surface area contributed by atoms with Gasteiger partial charge in [-0.2, -0.15) is 5.26 Å². The van der Waals surface area contributed by atoms with Crippen molar-refractivity contribution in [2.24, 2.45) is 0 Å². The van der Waals surface area contributed by atoms with Crippen LogP contribution in [0.1, 0.15) is 21.5 Å². The number of nitrogens with one attached hydrogen (secondary N) is 1. The summed E-state index contributed by atoms with van der Waals surface area (Å²) in [4.78, 5) is 16.2. The van der Waals surface area contributed by atoms with Crippen molar-refractivity contribution < 1.29 is 17.9 Å². The fourth-order valence-electron chi connectivity index (χ4n) is 2.32. The van der Waals surface area contributed by atoms with Gasteiger partial charge in [-0.15, -0.1) is 0 Å². The lowest BCUT2D eigenvalue weighted by Crippen LogP contribution is -2.31. The van der Waals surface area contributed by atoms with Gasteiger partial charge in [0.25, 0.3) is 5.91 Å². The van der Waals surface area contributed by atoms with Crippen LogP contribution in [0.15, 0.2) is 72.9 Å². The Morgan fingerprint density at radius 2 is 1.75 bits per heavy atom. The highest BCUT2D eigenvalue weighted by molar-refractivity contribution is 7.89. The molecule has 28 heavy (non-hydrogen) atoms. The van der Waals surface area contributed by atoms with E-state index in [1.807, 2.05) is 29.0 Å². The number of hydrogen-bond donors (Lipinski definition) is 1. The fourth-order valence-corrected chi connectivity index (χ4v) is 3.42. The van der Waals surface area contributed by atoms with Crippen LogP contribution in [0.3, 0.4) is 0 Å². The number of rotatable bonds is 6. The number of amides is 1. The minimum atomic E-state index is -3.90. The predicted octanol–water partition coefficient (Wildman–Crippen LogP) is 3.01. The molecule has 0 bridgehead atoms. The molecule has 1 heterocycles. The molecule has 0 spiro atoms. The molecule has 0 radical (unpaired) electrons. The van der Waals surface area contributed by atoms with Gasteiger partial charge < -0.3 is 4.74 Å². The zero-order valence-corrected chi connectivity index (χ0v) is 15.4. The van der Waals surface area contributed by atoms with Crippen LogP contribution in [0.5, 0.6) is 11.6 Å². The number of sulfonamides is 1. The maximum absolute atomic E-state index is 12.2. The third kappa shape index (κ3) is 5.16. The summed E-state index contributed by atoms with van der Waals surface area (Å²) in [5.41, 5.74) is 0.974. The van der Waals surface area contributed by atoms with Crippen molar-refractivity contribution in [3.05, 3.63) is 89.6 Å². The summed E-state index contributed by atoms with van der Waals surface area (Å²) in [6.07, 6.45) is 1.24. The fraction of sp³-hybridized carbons (Fsp3) is 0.0500. The van der Waals surface area contributed by atoms with Crippen molar-refractivity contribution in [2.75, 3.05) is 0 Å². The maximum atomic E-state index is 12.2. The number of nitrogens with zero attached hydrogens (tertiary/aromatic N) is 2. The first kappa shape index (κ1) is 19.1. The summed E-state index contributed by atoms with van der Waals surface area (Å²) >= 11 is 0. The largest absolute Gasteiger partial charge is 0.439 e. The van der Waals surface area contributed by atoms with Crippen molar-refractivity contribution in [1.82, 2.24) is 9.71 Å². The first-order valence-corrected chi connectivity index (χ1v) is 9.83. The quantitative estimate of drug-likeness (QED) is 0.689. The topological polar surface area (TPSA) is 109 Å². The van der Waals surface area contributed by atoms with Gasteiger partial charge in [0.15, 0.2) is 0 Å². The van der Waals surface area contributed by atoms with Gasteiger partial charge in [0.05, 0.1) is 22.9 Å². The van der Waals surface area contributed by atoms with Crippen LogP contribution in [-0.2, 0) is 15.8 Å². The summed E-state index contributed by atoms with van der Waals surface area (Å²) in [5, 5.41) is 8.77. The Labute approximate surface area is 162 Å². The van der Waals surface area contributed by atoms with Crippen LogP contribution in [0, 0.1) is 11.3 Å². The number of ether oxygens (including phenoxy) is 1. The van der Waals surface area contributed by atoms with Gasteiger partial charge in [-0.05, 0) is 35.9 Å². The van der Waals surface area contributed by atoms with Gasteiger partial charge in [0.2, 0.25) is 15.9 Å². The van der Waals surface area contributed by atoms with Crippen molar-refractivity contribution >= 4 is 15.9 Å². The van der Waals surface area contributed by atoms with E-state index in [2.05, 4.69) is 4.98 Å². The van der Waals surface area contributed by atoms with Gasteiger partial charge in [0.1, 0.15) is 5.75 Å². The first-order chi connectivity index (χ1) is 13.4. The lowest BCUT2D eigenvalue weighted by atomic mass is 10.2.